The highest BCUT2D eigenvalue weighted by molar-refractivity contribution is 5.89. The van der Waals surface area contributed by atoms with Gasteiger partial charge in [0.05, 0.1) is 47.6 Å². The van der Waals surface area contributed by atoms with Crippen molar-refractivity contribution in [3.05, 3.63) is 125 Å². The zero-order valence-corrected chi connectivity index (χ0v) is 24.1. The Hall–Kier alpha value is -4.95. The summed E-state index contributed by atoms with van der Waals surface area (Å²) in [7, 11) is 1.40. The van der Waals surface area contributed by atoms with Gasteiger partial charge in [0, 0.05) is 25.6 Å². The molecule has 1 atom stereocenters. The third kappa shape index (κ3) is 5.37. The molecule has 0 aliphatic carbocycles. The fourth-order valence-electron chi connectivity index (χ4n) is 6.31. The number of imidazole rings is 2. The van der Waals surface area contributed by atoms with Crippen molar-refractivity contribution in [2.24, 2.45) is 0 Å². The lowest BCUT2D eigenvalue weighted by molar-refractivity contribution is 0.0600. The number of benzene rings is 4. The molecule has 0 spiro atoms. The number of hydrogen-bond acceptors (Lipinski definition) is 6. The van der Waals surface area contributed by atoms with E-state index < -0.39 is 0 Å². The Bertz CT molecular complexity index is 1940. The lowest BCUT2D eigenvalue weighted by Gasteiger charge is -2.18. The van der Waals surface area contributed by atoms with Crippen LogP contribution in [0.25, 0.3) is 22.1 Å². The van der Waals surface area contributed by atoms with Crippen LogP contribution in [0.4, 0.5) is 0 Å². The molecule has 2 aromatic heterocycles. The second-order valence-corrected chi connectivity index (χ2v) is 11.3. The van der Waals surface area contributed by atoms with E-state index in [1.165, 1.54) is 7.11 Å². The molecule has 0 radical (unpaired) electrons. The fourth-order valence-corrected chi connectivity index (χ4v) is 6.31. The van der Waals surface area contributed by atoms with Gasteiger partial charge in [-0.05, 0) is 78.2 Å². The van der Waals surface area contributed by atoms with E-state index in [0.29, 0.717) is 30.9 Å². The zero-order valence-electron chi connectivity index (χ0n) is 24.1. The van der Waals surface area contributed by atoms with Crippen LogP contribution in [0.3, 0.4) is 0 Å². The molecule has 0 bridgehead atoms. The van der Waals surface area contributed by atoms with Gasteiger partial charge in [-0.1, -0.05) is 42.5 Å². The molecule has 0 amide bonds. The van der Waals surface area contributed by atoms with Crippen molar-refractivity contribution in [1.82, 2.24) is 24.0 Å². The third-order valence-electron chi connectivity index (χ3n) is 8.47. The van der Waals surface area contributed by atoms with E-state index >= 15 is 0 Å². The molecule has 4 aromatic carbocycles. The van der Waals surface area contributed by atoms with E-state index in [-0.39, 0.29) is 11.9 Å². The van der Waals surface area contributed by atoms with Gasteiger partial charge in [0.2, 0.25) is 0 Å². The fraction of sp³-hybridized carbons (Fsp3) is 0.229. The van der Waals surface area contributed by atoms with Crippen LogP contribution in [0.2, 0.25) is 0 Å². The number of aromatic nitrogens is 4. The lowest BCUT2D eigenvalue weighted by Crippen LogP contribution is -2.22. The minimum atomic E-state index is -0.341. The normalized spacial score (nSPS) is 15.4. The number of nitrogens with zero attached hydrogens (tertiary/aromatic N) is 5. The Morgan fingerprint density at radius 2 is 1.67 bits per heavy atom. The van der Waals surface area contributed by atoms with Gasteiger partial charge in [0.15, 0.2) is 0 Å². The van der Waals surface area contributed by atoms with Crippen molar-refractivity contribution in [3.8, 4) is 5.75 Å². The van der Waals surface area contributed by atoms with Crippen LogP contribution in [-0.2, 0) is 24.4 Å². The second-order valence-electron chi connectivity index (χ2n) is 11.3. The van der Waals surface area contributed by atoms with Gasteiger partial charge in [-0.2, -0.15) is 0 Å². The summed E-state index contributed by atoms with van der Waals surface area (Å²) in [5, 5.41) is 10.9. The number of fused-ring (bicyclic) bond motifs is 2. The largest absolute Gasteiger partial charge is 0.508 e. The molecule has 0 saturated carbocycles. The summed E-state index contributed by atoms with van der Waals surface area (Å²) in [6, 6.07) is 29.9. The SMILES string of the molecule is COC(=O)c1cccc(Cn2c(CN3CCC(c4cc(Cn5cnc6ccccc65)ccc4O)C3)nc3ccccc32)c1. The molecule has 6 aromatic rings. The van der Waals surface area contributed by atoms with Crippen molar-refractivity contribution < 1.29 is 14.6 Å². The van der Waals surface area contributed by atoms with Gasteiger partial charge in [0.1, 0.15) is 11.6 Å². The molecule has 8 nitrogen and oxygen atoms in total. The number of phenols is 1. The summed E-state index contributed by atoms with van der Waals surface area (Å²) in [5.74, 6) is 1.22. The number of hydrogen-bond donors (Lipinski definition) is 1. The van der Waals surface area contributed by atoms with E-state index in [2.05, 4.69) is 37.2 Å². The van der Waals surface area contributed by atoms with Crippen LogP contribution >= 0.6 is 0 Å². The molecule has 7 rings (SSSR count). The number of likely N-dealkylation sites (tertiary alicyclic amines) is 1. The number of carbonyl (C=O) groups excluding carboxylic acids is 1. The predicted molar refractivity (Wildman–Crippen MR) is 166 cm³/mol. The van der Waals surface area contributed by atoms with Crippen LogP contribution < -0.4 is 0 Å². The van der Waals surface area contributed by atoms with E-state index in [9.17, 15) is 9.90 Å². The number of methoxy groups -OCH3 is 1. The Morgan fingerprint density at radius 1 is 0.884 bits per heavy atom. The maximum atomic E-state index is 12.1. The highest BCUT2D eigenvalue weighted by atomic mass is 16.5. The Labute approximate surface area is 249 Å². The molecule has 8 heteroatoms. The Morgan fingerprint density at radius 3 is 2.53 bits per heavy atom. The average Bonchev–Trinajstić information content (AvgIpc) is 3.76. The van der Waals surface area contributed by atoms with Crippen molar-refractivity contribution in [3.63, 3.8) is 0 Å². The van der Waals surface area contributed by atoms with Crippen molar-refractivity contribution in [2.75, 3.05) is 20.2 Å². The average molecular weight is 572 g/mol. The quantitative estimate of drug-likeness (QED) is 0.227. The van der Waals surface area contributed by atoms with Gasteiger partial charge in [-0.3, -0.25) is 4.90 Å². The molecule has 1 N–H and O–H groups in total. The number of aromatic hydroxyl groups is 1. The smallest absolute Gasteiger partial charge is 0.337 e. The highest BCUT2D eigenvalue weighted by Crippen LogP contribution is 2.35. The van der Waals surface area contributed by atoms with Crippen LogP contribution in [-0.4, -0.2) is 55.3 Å². The molecular formula is C35H33N5O3. The number of rotatable bonds is 8. The molecule has 1 fully saturated rings. The standard InChI is InChI=1S/C35H33N5O3/c1-43-35(42)26-8-6-7-24(17-26)20-40-32-12-5-3-10-30(32)37-34(40)22-38-16-15-27(21-38)28-18-25(13-14-33(28)41)19-39-23-36-29-9-2-4-11-31(29)39/h2-14,17-18,23,27,41H,15-16,19-22H2,1H3. The van der Waals surface area contributed by atoms with Gasteiger partial charge in [0.25, 0.3) is 0 Å². The summed E-state index contributed by atoms with van der Waals surface area (Å²) in [6.07, 6.45) is 2.85. The van der Waals surface area contributed by atoms with E-state index in [0.717, 1.165) is 64.1 Å². The van der Waals surface area contributed by atoms with Gasteiger partial charge < -0.3 is 19.0 Å². The molecule has 1 aliphatic rings. The molecule has 43 heavy (non-hydrogen) atoms. The minimum Gasteiger partial charge on any atom is -0.508 e. The Balaban J connectivity index is 1.11. The number of phenolic OH excluding ortho intramolecular Hbond substituents is 1. The molecular weight excluding hydrogens is 538 g/mol. The van der Waals surface area contributed by atoms with Crippen LogP contribution in [0, 0.1) is 0 Å². The van der Waals surface area contributed by atoms with Gasteiger partial charge in [-0.25, -0.2) is 14.8 Å². The zero-order chi connectivity index (χ0) is 29.3. The number of ether oxygens (including phenoxy) is 1. The van der Waals surface area contributed by atoms with Crippen molar-refractivity contribution in [1.29, 1.82) is 0 Å². The summed E-state index contributed by atoms with van der Waals surface area (Å²) in [6.45, 7) is 3.76. The minimum absolute atomic E-state index is 0.231. The maximum absolute atomic E-state index is 12.1. The highest BCUT2D eigenvalue weighted by Gasteiger charge is 2.27. The van der Waals surface area contributed by atoms with Crippen molar-refractivity contribution in [2.45, 2.75) is 32.0 Å². The lowest BCUT2D eigenvalue weighted by atomic mass is 9.95. The molecule has 1 saturated heterocycles. The molecule has 216 valence electrons. The van der Waals surface area contributed by atoms with E-state index in [1.807, 2.05) is 73.1 Å². The van der Waals surface area contributed by atoms with Gasteiger partial charge >= 0.3 is 5.97 Å². The summed E-state index contributed by atoms with van der Waals surface area (Å²) in [5.41, 5.74) is 7.79. The van der Waals surface area contributed by atoms with Crippen LogP contribution in [0.1, 0.15) is 45.2 Å². The first kappa shape index (κ1) is 26.9. The second kappa shape index (κ2) is 11.4. The van der Waals surface area contributed by atoms with Gasteiger partial charge in [-0.15, -0.1) is 0 Å². The number of para-hydroxylation sites is 4. The molecule has 3 heterocycles. The maximum Gasteiger partial charge on any atom is 0.337 e. The molecule has 1 unspecified atom stereocenters. The predicted octanol–water partition coefficient (Wildman–Crippen LogP) is 5.96. The number of carbonyl (C=O) groups is 1. The third-order valence-corrected chi connectivity index (χ3v) is 8.47. The first-order valence-electron chi connectivity index (χ1n) is 14.6. The number of esters is 1. The Kier molecular flexibility index (Phi) is 7.12. The molecule has 1 aliphatic heterocycles. The topological polar surface area (TPSA) is 85.4 Å². The van der Waals surface area contributed by atoms with Crippen LogP contribution in [0.5, 0.6) is 5.75 Å². The first-order chi connectivity index (χ1) is 21.1. The van der Waals surface area contributed by atoms with E-state index in [4.69, 9.17) is 9.72 Å². The summed E-state index contributed by atoms with van der Waals surface area (Å²) < 4.78 is 9.32. The summed E-state index contributed by atoms with van der Waals surface area (Å²) in [4.78, 5) is 24.1. The van der Waals surface area contributed by atoms with Crippen LogP contribution in [0.15, 0.2) is 97.3 Å². The summed E-state index contributed by atoms with van der Waals surface area (Å²) >= 11 is 0. The first-order valence-corrected chi connectivity index (χ1v) is 14.6. The monoisotopic (exact) mass is 571 g/mol. The van der Waals surface area contributed by atoms with E-state index in [1.54, 1.807) is 6.07 Å². The van der Waals surface area contributed by atoms with Crippen molar-refractivity contribution >= 4 is 28.0 Å².